The number of aryl methyl sites for hydroxylation is 1. The standard InChI is InChI=1S/C9H13NO2/c1-7-2-3-10-9(4-7)8(5-11)6-12/h2-4,8,11-12H,5-6H2,1H3. The van der Waals surface area contributed by atoms with Crippen LogP contribution in [0.15, 0.2) is 18.3 Å². The van der Waals surface area contributed by atoms with Gasteiger partial charge < -0.3 is 10.2 Å². The number of hydrogen-bond donors (Lipinski definition) is 2. The minimum absolute atomic E-state index is 0.0625. The van der Waals surface area contributed by atoms with Crippen molar-refractivity contribution in [2.24, 2.45) is 0 Å². The molecule has 12 heavy (non-hydrogen) atoms. The lowest BCUT2D eigenvalue weighted by molar-refractivity contribution is 0.190. The molecule has 0 aliphatic carbocycles. The molecule has 0 saturated heterocycles. The summed E-state index contributed by atoms with van der Waals surface area (Å²) in [6.07, 6.45) is 1.68. The number of aliphatic hydroxyl groups is 2. The molecule has 0 saturated carbocycles. The quantitative estimate of drug-likeness (QED) is 0.687. The molecule has 2 N–H and O–H groups in total. The first-order chi connectivity index (χ1) is 5.77. The second kappa shape index (κ2) is 4.18. The van der Waals surface area contributed by atoms with E-state index in [1.165, 1.54) is 0 Å². The van der Waals surface area contributed by atoms with Gasteiger partial charge in [0.25, 0.3) is 0 Å². The Labute approximate surface area is 71.7 Å². The van der Waals surface area contributed by atoms with Crippen LogP contribution in [0.4, 0.5) is 0 Å². The molecule has 1 heterocycles. The van der Waals surface area contributed by atoms with Crippen molar-refractivity contribution >= 4 is 0 Å². The lowest BCUT2D eigenvalue weighted by Crippen LogP contribution is -2.10. The zero-order valence-corrected chi connectivity index (χ0v) is 7.07. The van der Waals surface area contributed by atoms with Gasteiger partial charge in [-0.1, -0.05) is 0 Å². The van der Waals surface area contributed by atoms with E-state index in [9.17, 15) is 0 Å². The summed E-state index contributed by atoms with van der Waals surface area (Å²) in [5, 5.41) is 17.7. The summed E-state index contributed by atoms with van der Waals surface area (Å²) in [5.41, 5.74) is 1.84. The van der Waals surface area contributed by atoms with Gasteiger partial charge in [0.15, 0.2) is 0 Å². The summed E-state index contributed by atoms with van der Waals surface area (Å²) in [7, 11) is 0. The first kappa shape index (κ1) is 9.16. The highest BCUT2D eigenvalue weighted by Gasteiger charge is 2.09. The Hall–Kier alpha value is -0.930. The summed E-state index contributed by atoms with van der Waals surface area (Å²) >= 11 is 0. The molecule has 0 aliphatic heterocycles. The largest absolute Gasteiger partial charge is 0.396 e. The Balaban J connectivity index is 2.85. The number of nitrogens with zero attached hydrogens (tertiary/aromatic N) is 1. The zero-order chi connectivity index (χ0) is 8.97. The molecule has 0 aliphatic rings. The summed E-state index contributed by atoms with van der Waals surface area (Å²) in [6, 6.07) is 3.76. The second-order valence-corrected chi connectivity index (χ2v) is 2.82. The number of pyridine rings is 1. The van der Waals surface area contributed by atoms with Crippen LogP contribution in [0.1, 0.15) is 17.2 Å². The molecule has 1 rings (SSSR count). The van der Waals surface area contributed by atoms with Crippen molar-refractivity contribution in [3.63, 3.8) is 0 Å². The molecule has 0 atom stereocenters. The van der Waals surface area contributed by atoms with E-state index in [-0.39, 0.29) is 19.1 Å². The molecular weight excluding hydrogens is 154 g/mol. The van der Waals surface area contributed by atoms with E-state index in [2.05, 4.69) is 4.98 Å². The molecule has 0 radical (unpaired) electrons. The molecule has 66 valence electrons. The molecule has 3 nitrogen and oxygen atoms in total. The first-order valence-electron chi connectivity index (χ1n) is 3.92. The van der Waals surface area contributed by atoms with Gasteiger partial charge in [0.2, 0.25) is 0 Å². The maximum absolute atomic E-state index is 8.87. The van der Waals surface area contributed by atoms with Gasteiger partial charge in [0.1, 0.15) is 0 Å². The molecule has 3 heteroatoms. The Bertz CT molecular complexity index is 246. The summed E-state index contributed by atoms with van der Waals surface area (Å²) < 4.78 is 0. The number of aliphatic hydroxyl groups excluding tert-OH is 2. The Morgan fingerprint density at radius 1 is 1.42 bits per heavy atom. The van der Waals surface area contributed by atoms with Gasteiger partial charge in [-0.2, -0.15) is 0 Å². The van der Waals surface area contributed by atoms with Crippen molar-refractivity contribution in [2.75, 3.05) is 13.2 Å². The van der Waals surface area contributed by atoms with Crippen LogP contribution in [0, 0.1) is 6.92 Å². The molecule has 0 amide bonds. The number of aromatic nitrogens is 1. The SMILES string of the molecule is Cc1ccnc(C(CO)CO)c1. The lowest BCUT2D eigenvalue weighted by Gasteiger charge is -2.09. The number of rotatable bonds is 3. The highest BCUT2D eigenvalue weighted by molar-refractivity contribution is 5.17. The Morgan fingerprint density at radius 2 is 2.08 bits per heavy atom. The van der Waals surface area contributed by atoms with Gasteiger partial charge in [-0.25, -0.2) is 0 Å². The average molecular weight is 167 g/mol. The predicted octanol–water partition coefficient (Wildman–Crippen LogP) is 0.458. The van der Waals surface area contributed by atoms with Crippen LogP contribution in [0.2, 0.25) is 0 Å². The van der Waals surface area contributed by atoms with Gasteiger partial charge >= 0.3 is 0 Å². The van der Waals surface area contributed by atoms with Crippen LogP contribution in [0.3, 0.4) is 0 Å². The minimum Gasteiger partial charge on any atom is -0.396 e. The van der Waals surface area contributed by atoms with Crippen LogP contribution >= 0.6 is 0 Å². The van der Waals surface area contributed by atoms with E-state index in [0.29, 0.717) is 0 Å². The highest BCUT2D eigenvalue weighted by Crippen LogP contribution is 2.12. The molecule has 0 aromatic carbocycles. The summed E-state index contributed by atoms with van der Waals surface area (Å²) in [5.74, 6) is -0.245. The molecular formula is C9H13NO2. The summed E-state index contributed by atoms with van der Waals surface area (Å²) in [6.45, 7) is 1.83. The van der Waals surface area contributed by atoms with Crippen LogP contribution in [-0.2, 0) is 0 Å². The normalized spacial score (nSPS) is 10.7. The van der Waals surface area contributed by atoms with Crippen molar-refractivity contribution in [2.45, 2.75) is 12.8 Å². The maximum Gasteiger partial charge on any atom is 0.0537 e. The van der Waals surface area contributed by atoms with Crippen LogP contribution in [0.25, 0.3) is 0 Å². The van der Waals surface area contributed by atoms with E-state index < -0.39 is 0 Å². The maximum atomic E-state index is 8.87. The van der Waals surface area contributed by atoms with Crippen LogP contribution < -0.4 is 0 Å². The topological polar surface area (TPSA) is 53.4 Å². The van der Waals surface area contributed by atoms with Crippen molar-refractivity contribution < 1.29 is 10.2 Å². The van der Waals surface area contributed by atoms with Gasteiger partial charge in [0.05, 0.1) is 13.2 Å². The highest BCUT2D eigenvalue weighted by atomic mass is 16.3. The number of hydrogen-bond acceptors (Lipinski definition) is 3. The zero-order valence-electron chi connectivity index (χ0n) is 7.07. The second-order valence-electron chi connectivity index (χ2n) is 2.82. The van der Waals surface area contributed by atoms with E-state index in [0.717, 1.165) is 11.3 Å². The van der Waals surface area contributed by atoms with Gasteiger partial charge in [-0.15, -0.1) is 0 Å². The van der Waals surface area contributed by atoms with E-state index in [1.807, 2.05) is 19.1 Å². The van der Waals surface area contributed by atoms with E-state index >= 15 is 0 Å². The third-order valence-corrected chi connectivity index (χ3v) is 1.80. The molecule has 1 aromatic heterocycles. The van der Waals surface area contributed by atoms with Crippen molar-refractivity contribution in [1.82, 2.24) is 4.98 Å². The first-order valence-corrected chi connectivity index (χ1v) is 3.92. The Morgan fingerprint density at radius 3 is 2.58 bits per heavy atom. The third-order valence-electron chi connectivity index (χ3n) is 1.80. The van der Waals surface area contributed by atoms with Crippen LogP contribution in [-0.4, -0.2) is 28.4 Å². The lowest BCUT2D eigenvalue weighted by atomic mass is 10.1. The Kier molecular flexibility index (Phi) is 3.19. The van der Waals surface area contributed by atoms with Crippen LogP contribution in [0.5, 0.6) is 0 Å². The monoisotopic (exact) mass is 167 g/mol. The average Bonchev–Trinajstić information content (AvgIpc) is 2.07. The minimum atomic E-state index is -0.245. The van der Waals surface area contributed by atoms with Crippen molar-refractivity contribution in [3.8, 4) is 0 Å². The molecule has 0 fully saturated rings. The summed E-state index contributed by atoms with van der Waals surface area (Å²) in [4.78, 5) is 4.06. The fourth-order valence-corrected chi connectivity index (χ4v) is 1.03. The van der Waals surface area contributed by atoms with E-state index in [1.54, 1.807) is 6.20 Å². The van der Waals surface area contributed by atoms with E-state index in [4.69, 9.17) is 10.2 Å². The molecule has 0 spiro atoms. The van der Waals surface area contributed by atoms with Gasteiger partial charge in [-0.05, 0) is 24.6 Å². The van der Waals surface area contributed by atoms with Crippen molar-refractivity contribution in [1.29, 1.82) is 0 Å². The fraction of sp³-hybridized carbons (Fsp3) is 0.444. The fourth-order valence-electron chi connectivity index (χ4n) is 1.03. The third kappa shape index (κ3) is 2.03. The molecule has 0 bridgehead atoms. The van der Waals surface area contributed by atoms with Crippen molar-refractivity contribution in [3.05, 3.63) is 29.6 Å². The molecule has 0 unspecified atom stereocenters. The predicted molar refractivity (Wildman–Crippen MR) is 45.9 cm³/mol. The van der Waals surface area contributed by atoms with Gasteiger partial charge in [-0.3, -0.25) is 4.98 Å². The molecule has 1 aromatic rings. The smallest absolute Gasteiger partial charge is 0.0537 e. The van der Waals surface area contributed by atoms with Gasteiger partial charge in [0, 0.05) is 17.8 Å².